The lowest BCUT2D eigenvalue weighted by Gasteiger charge is -2.24. The topological polar surface area (TPSA) is 63.9 Å². The van der Waals surface area contributed by atoms with E-state index in [0.29, 0.717) is 18.2 Å². The van der Waals surface area contributed by atoms with Crippen molar-refractivity contribution in [2.45, 2.75) is 44.6 Å². The van der Waals surface area contributed by atoms with E-state index >= 15 is 0 Å². The smallest absolute Gasteiger partial charge is 0.236 e. The van der Waals surface area contributed by atoms with Crippen molar-refractivity contribution in [1.82, 2.24) is 25.1 Å². The van der Waals surface area contributed by atoms with Crippen LogP contribution in [0.15, 0.2) is 53.7 Å². The van der Waals surface area contributed by atoms with Gasteiger partial charge in [0.2, 0.25) is 11.1 Å². The van der Waals surface area contributed by atoms with Crippen LogP contribution in [0, 0.1) is 13.8 Å². The van der Waals surface area contributed by atoms with Crippen LogP contribution >= 0.6 is 11.8 Å². The number of carbonyl (C=O) groups is 1. The number of para-hydroxylation sites is 1. The van der Waals surface area contributed by atoms with E-state index in [4.69, 9.17) is 0 Å². The first-order valence-electron chi connectivity index (χ1n) is 9.35. The second-order valence-electron chi connectivity index (χ2n) is 6.71. The average molecular weight is 396 g/mol. The van der Waals surface area contributed by atoms with Crippen molar-refractivity contribution in [3.05, 3.63) is 65.2 Å². The highest BCUT2D eigenvalue weighted by atomic mass is 32.2. The molecular formula is C21H25N5OS. The van der Waals surface area contributed by atoms with Gasteiger partial charge in [0.25, 0.3) is 0 Å². The van der Waals surface area contributed by atoms with Crippen molar-refractivity contribution in [2.75, 3.05) is 6.54 Å². The summed E-state index contributed by atoms with van der Waals surface area (Å²) in [6, 6.07) is 16.1. The number of hydrogen-bond donors (Lipinski definition) is 0. The monoisotopic (exact) mass is 395 g/mol. The molecule has 3 aromatic rings. The van der Waals surface area contributed by atoms with Crippen LogP contribution in [0.3, 0.4) is 0 Å². The van der Waals surface area contributed by atoms with E-state index in [1.54, 1.807) is 4.68 Å². The molecule has 6 nitrogen and oxygen atoms in total. The van der Waals surface area contributed by atoms with Crippen LogP contribution in [-0.2, 0) is 11.3 Å². The van der Waals surface area contributed by atoms with Crippen LogP contribution in [-0.4, -0.2) is 42.8 Å². The molecule has 0 radical (unpaired) electrons. The molecular weight excluding hydrogens is 370 g/mol. The van der Waals surface area contributed by atoms with Crippen LogP contribution in [0.25, 0.3) is 5.69 Å². The van der Waals surface area contributed by atoms with E-state index in [9.17, 15) is 4.79 Å². The summed E-state index contributed by atoms with van der Waals surface area (Å²) in [7, 11) is 0. The Balaban J connectivity index is 1.77. The van der Waals surface area contributed by atoms with Gasteiger partial charge in [-0.15, -0.1) is 5.10 Å². The van der Waals surface area contributed by atoms with Crippen LogP contribution in [0.5, 0.6) is 0 Å². The molecule has 0 saturated heterocycles. The van der Waals surface area contributed by atoms with E-state index in [0.717, 1.165) is 22.4 Å². The fourth-order valence-corrected chi connectivity index (χ4v) is 4.02. The number of hydrogen-bond acceptors (Lipinski definition) is 5. The molecule has 2 aromatic carbocycles. The number of carbonyl (C=O) groups excluding carboxylic acids is 1. The minimum absolute atomic E-state index is 0.0763. The Labute approximate surface area is 169 Å². The second kappa shape index (κ2) is 9.01. The molecule has 1 aromatic heterocycles. The molecule has 0 N–H and O–H groups in total. The fourth-order valence-electron chi connectivity index (χ4n) is 3.15. The summed E-state index contributed by atoms with van der Waals surface area (Å²) in [4.78, 5) is 14.9. The average Bonchev–Trinajstić information content (AvgIpc) is 3.14. The van der Waals surface area contributed by atoms with Gasteiger partial charge in [-0.25, -0.2) is 0 Å². The maximum Gasteiger partial charge on any atom is 0.236 e. The summed E-state index contributed by atoms with van der Waals surface area (Å²) in [5, 5.41) is 12.5. The van der Waals surface area contributed by atoms with Crippen molar-refractivity contribution in [3.63, 3.8) is 0 Å². The zero-order valence-electron chi connectivity index (χ0n) is 16.7. The minimum Gasteiger partial charge on any atom is -0.338 e. The van der Waals surface area contributed by atoms with Crippen molar-refractivity contribution in [2.24, 2.45) is 0 Å². The SMILES string of the molecule is CCN(Cc1ccccc1)C(=O)C(C)Sc1nnnn1-c1c(C)cccc1C. The molecule has 0 bridgehead atoms. The van der Waals surface area contributed by atoms with Crippen molar-refractivity contribution >= 4 is 17.7 Å². The summed E-state index contributed by atoms with van der Waals surface area (Å²) in [6.07, 6.45) is 0. The predicted octanol–water partition coefficient (Wildman–Crippen LogP) is 3.81. The molecule has 1 heterocycles. The fraction of sp³-hybridized carbons (Fsp3) is 0.333. The second-order valence-corrected chi connectivity index (χ2v) is 8.02. The van der Waals surface area contributed by atoms with Crippen molar-refractivity contribution in [3.8, 4) is 5.69 Å². The van der Waals surface area contributed by atoms with Crippen molar-refractivity contribution in [1.29, 1.82) is 0 Å². The highest BCUT2D eigenvalue weighted by Gasteiger charge is 2.24. The maximum atomic E-state index is 13.0. The molecule has 0 saturated carbocycles. The highest BCUT2D eigenvalue weighted by molar-refractivity contribution is 8.00. The Bertz CT molecular complexity index is 921. The molecule has 1 atom stereocenters. The lowest BCUT2D eigenvalue weighted by atomic mass is 10.1. The Morgan fingerprint density at radius 3 is 2.43 bits per heavy atom. The number of benzene rings is 2. The minimum atomic E-state index is -0.294. The first kappa shape index (κ1) is 20.1. The molecule has 3 rings (SSSR count). The lowest BCUT2D eigenvalue weighted by Crippen LogP contribution is -2.36. The summed E-state index contributed by atoms with van der Waals surface area (Å²) in [5.41, 5.74) is 4.27. The normalized spacial score (nSPS) is 12.0. The zero-order chi connectivity index (χ0) is 20.1. The molecule has 0 aliphatic rings. The van der Waals surface area contributed by atoms with Gasteiger partial charge < -0.3 is 4.90 Å². The zero-order valence-corrected chi connectivity index (χ0v) is 17.5. The van der Waals surface area contributed by atoms with E-state index in [1.807, 2.05) is 81.1 Å². The third kappa shape index (κ3) is 4.42. The van der Waals surface area contributed by atoms with Crippen LogP contribution in [0.2, 0.25) is 0 Å². The quantitative estimate of drug-likeness (QED) is 0.569. The van der Waals surface area contributed by atoms with Gasteiger partial charge in [-0.05, 0) is 54.8 Å². The van der Waals surface area contributed by atoms with E-state index in [2.05, 4.69) is 15.5 Å². The van der Waals surface area contributed by atoms with Crippen molar-refractivity contribution < 1.29 is 4.79 Å². The van der Waals surface area contributed by atoms with Gasteiger partial charge in [-0.2, -0.15) is 4.68 Å². The van der Waals surface area contributed by atoms with Gasteiger partial charge in [0.05, 0.1) is 10.9 Å². The molecule has 0 aliphatic heterocycles. The third-order valence-corrected chi connectivity index (χ3v) is 5.65. The summed E-state index contributed by atoms with van der Waals surface area (Å²) in [5.74, 6) is 0.0763. The van der Waals surface area contributed by atoms with Gasteiger partial charge in [-0.3, -0.25) is 4.79 Å². The Hall–Kier alpha value is -2.67. The lowest BCUT2D eigenvalue weighted by molar-refractivity contribution is -0.130. The number of tetrazole rings is 1. The van der Waals surface area contributed by atoms with Gasteiger partial charge in [0, 0.05) is 13.1 Å². The molecule has 0 fully saturated rings. The standard InChI is InChI=1S/C21H25N5OS/c1-5-25(14-18-12-7-6-8-13-18)20(27)17(4)28-21-22-23-24-26(21)19-15(2)10-9-11-16(19)3/h6-13,17H,5,14H2,1-4H3. The van der Waals surface area contributed by atoms with Gasteiger partial charge >= 0.3 is 0 Å². The number of aryl methyl sites for hydroxylation is 2. The number of thioether (sulfide) groups is 1. The van der Waals surface area contributed by atoms with Crippen LogP contribution in [0.1, 0.15) is 30.5 Å². The molecule has 146 valence electrons. The summed E-state index contributed by atoms with van der Waals surface area (Å²) >= 11 is 1.39. The van der Waals surface area contributed by atoms with Gasteiger partial charge in [0.1, 0.15) is 0 Å². The molecule has 0 spiro atoms. The maximum absolute atomic E-state index is 13.0. The molecule has 1 amide bonds. The molecule has 0 aliphatic carbocycles. The number of nitrogens with zero attached hydrogens (tertiary/aromatic N) is 5. The van der Waals surface area contributed by atoms with E-state index in [-0.39, 0.29) is 11.2 Å². The Morgan fingerprint density at radius 2 is 1.79 bits per heavy atom. The van der Waals surface area contributed by atoms with Crippen LogP contribution < -0.4 is 0 Å². The first-order valence-corrected chi connectivity index (χ1v) is 10.2. The Kier molecular flexibility index (Phi) is 6.46. The highest BCUT2D eigenvalue weighted by Crippen LogP contribution is 2.27. The number of amides is 1. The predicted molar refractivity (Wildman–Crippen MR) is 111 cm³/mol. The molecule has 7 heteroatoms. The largest absolute Gasteiger partial charge is 0.338 e. The number of aromatic nitrogens is 4. The van der Waals surface area contributed by atoms with E-state index < -0.39 is 0 Å². The first-order chi connectivity index (χ1) is 13.5. The Morgan fingerprint density at radius 1 is 1.11 bits per heavy atom. The van der Waals surface area contributed by atoms with Gasteiger partial charge in [-0.1, -0.05) is 60.3 Å². The van der Waals surface area contributed by atoms with Gasteiger partial charge in [0.15, 0.2) is 0 Å². The third-order valence-electron chi connectivity index (χ3n) is 4.63. The van der Waals surface area contributed by atoms with Crippen LogP contribution in [0.4, 0.5) is 0 Å². The van der Waals surface area contributed by atoms with E-state index in [1.165, 1.54) is 11.8 Å². The summed E-state index contributed by atoms with van der Waals surface area (Å²) < 4.78 is 1.73. The molecule has 1 unspecified atom stereocenters. The molecule has 28 heavy (non-hydrogen) atoms. The number of rotatable bonds is 7. The summed E-state index contributed by atoms with van der Waals surface area (Å²) in [6.45, 7) is 9.23.